The van der Waals surface area contributed by atoms with Crippen molar-refractivity contribution in [2.45, 2.75) is 20.0 Å². The van der Waals surface area contributed by atoms with E-state index in [1.165, 1.54) is 0 Å². The molecule has 0 aliphatic carbocycles. The van der Waals surface area contributed by atoms with Gasteiger partial charge in [0.2, 0.25) is 0 Å². The highest BCUT2D eigenvalue weighted by atomic mass is 16.1. The third kappa shape index (κ3) is 3.48. The van der Waals surface area contributed by atoms with Crippen LogP contribution >= 0.6 is 0 Å². The minimum absolute atomic E-state index is 0.0755. The van der Waals surface area contributed by atoms with Crippen molar-refractivity contribution in [2.75, 3.05) is 0 Å². The summed E-state index contributed by atoms with van der Waals surface area (Å²) in [5.74, 6) is -0.0755. The predicted octanol–water partition coefficient (Wildman–Crippen LogP) is 3.50. The molecule has 0 aliphatic rings. The molecule has 0 radical (unpaired) electrons. The van der Waals surface area contributed by atoms with Gasteiger partial charge < -0.3 is 5.32 Å². The highest BCUT2D eigenvalue weighted by molar-refractivity contribution is 5.94. The number of benzene rings is 2. The van der Waals surface area contributed by atoms with Crippen molar-refractivity contribution in [3.8, 4) is 11.1 Å². The van der Waals surface area contributed by atoms with Crippen LogP contribution in [-0.2, 0) is 13.1 Å². The van der Waals surface area contributed by atoms with Crippen LogP contribution in [-0.4, -0.2) is 15.7 Å². The van der Waals surface area contributed by atoms with Gasteiger partial charge in [0.25, 0.3) is 5.91 Å². The van der Waals surface area contributed by atoms with Crippen LogP contribution in [0.15, 0.2) is 66.9 Å². The molecule has 0 spiro atoms. The molecule has 23 heavy (non-hydrogen) atoms. The summed E-state index contributed by atoms with van der Waals surface area (Å²) in [6, 6.07) is 19.7. The van der Waals surface area contributed by atoms with Crippen LogP contribution in [0.3, 0.4) is 0 Å². The zero-order valence-electron chi connectivity index (χ0n) is 13.1. The number of hydrogen-bond acceptors (Lipinski definition) is 2. The molecule has 1 N–H and O–H groups in total. The molecule has 1 amide bonds. The Labute approximate surface area is 135 Å². The zero-order chi connectivity index (χ0) is 16.1. The molecule has 1 aromatic heterocycles. The fraction of sp³-hybridized carbons (Fsp3) is 0.158. The monoisotopic (exact) mass is 305 g/mol. The van der Waals surface area contributed by atoms with Crippen molar-refractivity contribution in [1.29, 1.82) is 0 Å². The molecule has 1 heterocycles. The number of nitrogens with one attached hydrogen (secondary N) is 1. The smallest absolute Gasteiger partial charge is 0.251 e. The van der Waals surface area contributed by atoms with Crippen molar-refractivity contribution in [3.63, 3.8) is 0 Å². The van der Waals surface area contributed by atoms with Gasteiger partial charge >= 0.3 is 0 Å². The first-order valence-corrected chi connectivity index (χ1v) is 7.72. The van der Waals surface area contributed by atoms with Gasteiger partial charge in [-0.3, -0.25) is 9.48 Å². The van der Waals surface area contributed by atoms with Crippen LogP contribution < -0.4 is 5.32 Å². The number of rotatable bonds is 5. The lowest BCUT2D eigenvalue weighted by Gasteiger charge is -2.08. The predicted molar refractivity (Wildman–Crippen MR) is 90.9 cm³/mol. The van der Waals surface area contributed by atoms with E-state index in [0.29, 0.717) is 12.1 Å². The van der Waals surface area contributed by atoms with Gasteiger partial charge in [0.05, 0.1) is 12.2 Å². The number of hydrogen-bond donors (Lipinski definition) is 1. The molecule has 0 bridgehead atoms. The van der Waals surface area contributed by atoms with Crippen molar-refractivity contribution in [2.24, 2.45) is 0 Å². The number of aromatic nitrogens is 2. The first kappa shape index (κ1) is 15.0. The summed E-state index contributed by atoms with van der Waals surface area (Å²) in [5, 5.41) is 7.13. The molecule has 4 heteroatoms. The summed E-state index contributed by atoms with van der Waals surface area (Å²) in [5.41, 5.74) is 3.91. The van der Waals surface area contributed by atoms with Crippen LogP contribution in [0.25, 0.3) is 11.1 Å². The van der Waals surface area contributed by atoms with Crippen molar-refractivity contribution >= 4 is 5.91 Å². The van der Waals surface area contributed by atoms with Gasteiger partial charge in [-0.15, -0.1) is 0 Å². The van der Waals surface area contributed by atoms with E-state index >= 15 is 0 Å². The second kappa shape index (κ2) is 6.92. The molecular weight excluding hydrogens is 286 g/mol. The number of amides is 1. The summed E-state index contributed by atoms with van der Waals surface area (Å²) < 4.78 is 1.87. The van der Waals surface area contributed by atoms with Gasteiger partial charge in [-0.05, 0) is 36.2 Å². The standard InChI is InChI=1S/C19H19N3O/c1-2-22-18(12-13-21-22)14-20-19(23)17-10-8-16(9-11-17)15-6-4-3-5-7-15/h3-13H,2,14H2,1H3,(H,20,23). The Morgan fingerprint density at radius 1 is 1.00 bits per heavy atom. The summed E-state index contributed by atoms with van der Waals surface area (Å²) in [4.78, 5) is 12.2. The van der Waals surface area contributed by atoms with E-state index in [1.807, 2.05) is 60.1 Å². The maximum atomic E-state index is 12.2. The second-order valence-electron chi connectivity index (χ2n) is 5.26. The van der Waals surface area contributed by atoms with E-state index in [1.54, 1.807) is 6.20 Å². The van der Waals surface area contributed by atoms with Crippen LogP contribution in [0.2, 0.25) is 0 Å². The van der Waals surface area contributed by atoms with Crippen molar-refractivity contribution in [1.82, 2.24) is 15.1 Å². The third-order valence-electron chi connectivity index (χ3n) is 3.79. The van der Waals surface area contributed by atoms with Gasteiger partial charge in [-0.1, -0.05) is 42.5 Å². The molecule has 4 nitrogen and oxygen atoms in total. The zero-order valence-corrected chi connectivity index (χ0v) is 13.1. The largest absolute Gasteiger partial charge is 0.346 e. The Bertz CT molecular complexity index is 776. The van der Waals surface area contributed by atoms with Crippen LogP contribution in [0.5, 0.6) is 0 Å². The number of carbonyl (C=O) groups excluding carboxylic acids is 1. The number of aryl methyl sites for hydroxylation is 1. The maximum absolute atomic E-state index is 12.2. The van der Waals surface area contributed by atoms with E-state index in [2.05, 4.69) is 22.5 Å². The summed E-state index contributed by atoms with van der Waals surface area (Å²) >= 11 is 0. The van der Waals surface area contributed by atoms with Crippen molar-refractivity contribution < 1.29 is 4.79 Å². The fourth-order valence-corrected chi connectivity index (χ4v) is 2.51. The summed E-state index contributed by atoms with van der Waals surface area (Å²) in [7, 11) is 0. The Morgan fingerprint density at radius 3 is 2.39 bits per heavy atom. The van der Waals surface area contributed by atoms with Crippen molar-refractivity contribution in [3.05, 3.63) is 78.1 Å². The molecule has 0 aliphatic heterocycles. The number of nitrogens with zero attached hydrogens (tertiary/aromatic N) is 2. The average Bonchev–Trinajstić information content (AvgIpc) is 3.08. The van der Waals surface area contributed by atoms with Crippen LogP contribution in [0.4, 0.5) is 0 Å². The molecule has 116 valence electrons. The Hall–Kier alpha value is -2.88. The van der Waals surface area contributed by atoms with Gasteiger partial charge in [0.1, 0.15) is 0 Å². The molecule has 3 rings (SSSR count). The maximum Gasteiger partial charge on any atom is 0.251 e. The normalized spacial score (nSPS) is 10.5. The first-order valence-electron chi connectivity index (χ1n) is 7.72. The summed E-state index contributed by atoms with van der Waals surface area (Å²) in [6.45, 7) is 3.30. The lowest BCUT2D eigenvalue weighted by atomic mass is 10.0. The Kier molecular flexibility index (Phi) is 4.52. The molecule has 3 aromatic rings. The highest BCUT2D eigenvalue weighted by Gasteiger charge is 2.07. The van der Waals surface area contributed by atoms with E-state index < -0.39 is 0 Å². The minimum atomic E-state index is -0.0755. The lowest BCUT2D eigenvalue weighted by molar-refractivity contribution is 0.0950. The fourth-order valence-electron chi connectivity index (χ4n) is 2.51. The Morgan fingerprint density at radius 2 is 1.70 bits per heavy atom. The minimum Gasteiger partial charge on any atom is -0.346 e. The molecule has 0 fully saturated rings. The van der Waals surface area contributed by atoms with E-state index in [4.69, 9.17) is 0 Å². The topological polar surface area (TPSA) is 46.9 Å². The van der Waals surface area contributed by atoms with Gasteiger partial charge in [-0.25, -0.2) is 0 Å². The quantitative estimate of drug-likeness (QED) is 0.784. The van der Waals surface area contributed by atoms with Gasteiger partial charge in [0.15, 0.2) is 0 Å². The number of carbonyl (C=O) groups is 1. The first-order chi connectivity index (χ1) is 11.3. The molecule has 0 saturated heterocycles. The van der Waals surface area contributed by atoms with Crippen LogP contribution in [0, 0.1) is 0 Å². The van der Waals surface area contributed by atoms with E-state index in [0.717, 1.165) is 23.4 Å². The van der Waals surface area contributed by atoms with E-state index in [-0.39, 0.29) is 5.91 Å². The van der Waals surface area contributed by atoms with Crippen LogP contribution in [0.1, 0.15) is 23.0 Å². The van der Waals surface area contributed by atoms with Gasteiger partial charge in [-0.2, -0.15) is 5.10 Å². The summed E-state index contributed by atoms with van der Waals surface area (Å²) in [6.07, 6.45) is 1.75. The molecular formula is C19H19N3O. The third-order valence-corrected chi connectivity index (χ3v) is 3.79. The average molecular weight is 305 g/mol. The van der Waals surface area contributed by atoms with E-state index in [9.17, 15) is 4.79 Å². The Balaban J connectivity index is 1.66. The SMILES string of the molecule is CCn1nccc1CNC(=O)c1ccc(-c2ccccc2)cc1. The highest BCUT2D eigenvalue weighted by Crippen LogP contribution is 2.19. The molecule has 0 unspecified atom stereocenters. The molecule has 2 aromatic carbocycles. The molecule has 0 saturated carbocycles. The lowest BCUT2D eigenvalue weighted by Crippen LogP contribution is -2.24. The second-order valence-corrected chi connectivity index (χ2v) is 5.26. The van der Waals surface area contributed by atoms with Gasteiger partial charge in [0, 0.05) is 18.3 Å². The molecule has 0 atom stereocenters.